The Kier molecular flexibility index (Phi) is 3.58. The van der Waals surface area contributed by atoms with Gasteiger partial charge >= 0.3 is 0 Å². The minimum absolute atomic E-state index is 0.169. The molecule has 3 aromatic rings. The summed E-state index contributed by atoms with van der Waals surface area (Å²) in [6.07, 6.45) is 0.554. The van der Waals surface area contributed by atoms with Gasteiger partial charge in [0.2, 0.25) is 0 Å². The number of halogens is 1. The highest BCUT2D eigenvalue weighted by Gasteiger charge is 2.29. The van der Waals surface area contributed by atoms with Crippen molar-refractivity contribution in [1.82, 2.24) is 0 Å². The van der Waals surface area contributed by atoms with Crippen molar-refractivity contribution in [2.45, 2.75) is 6.42 Å². The monoisotopic (exact) mass is 380 g/mol. The molecule has 0 unspecified atom stereocenters. The van der Waals surface area contributed by atoms with Gasteiger partial charge in [-0.1, -0.05) is 46.3 Å². The van der Waals surface area contributed by atoms with Crippen LogP contribution >= 0.6 is 15.9 Å². The number of benzene rings is 3. The van der Waals surface area contributed by atoms with E-state index in [1.165, 1.54) is 0 Å². The van der Waals surface area contributed by atoms with Crippen LogP contribution in [0.3, 0.4) is 0 Å². The molecule has 0 saturated heterocycles. The standard InChI is InChI=1S/C19H13BrN2O2/c20-14-10-9-13-11-16-17(7-4-8-18(16)22(23)24)21(19(13)12-14)15-5-2-1-3-6-15/h1-10,12H,11H2. The van der Waals surface area contributed by atoms with Crippen LogP contribution in [0.5, 0.6) is 0 Å². The van der Waals surface area contributed by atoms with Crippen LogP contribution in [0.15, 0.2) is 71.2 Å². The van der Waals surface area contributed by atoms with Crippen molar-refractivity contribution in [3.05, 3.63) is 92.4 Å². The topological polar surface area (TPSA) is 46.4 Å². The van der Waals surface area contributed by atoms with E-state index in [2.05, 4.69) is 26.9 Å². The third-order valence-electron chi connectivity index (χ3n) is 4.23. The first-order valence-corrected chi connectivity index (χ1v) is 8.34. The van der Waals surface area contributed by atoms with Crippen molar-refractivity contribution in [2.75, 3.05) is 4.90 Å². The van der Waals surface area contributed by atoms with Gasteiger partial charge in [-0.25, -0.2) is 0 Å². The first kappa shape index (κ1) is 14.9. The Morgan fingerprint density at radius 1 is 0.958 bits per heavy atom. The fourth-order valence-corrected chi connectivity index (χ4v) is 3.54. The summed E-state index contributed by atoms with van der Waals surface area (Å²) < 4.78 is 0.982. The van der Waals surface area contributed by atoms with Gasteiger partial charge in [0.15, 0.2) is 0 Å². The van der Waals surface area contributed by atoms with Crippen LogP contribution in [0.2, 0.25) is 0 Å². The van der Waals surface area contributed by atoms with E-state index in [4.69, 9.17) is 0 Å². The van der Waals surface area contributed by atoms with Gasteiger partial charge in [0, 0.05) is 22.6 Å². The summed E-state index contributed by atoms with van der Waals surface area (Å²) in [7, 11) is 0. The highest BCUT2D eigenvalue weighted by atomic mass is 79.9. The molecule has 4 rings (SSSR count). The second-order valence-corrected chi connectivity index (χ2v) is 6.57. The molecule has 0 saturated carbocycles. The van der Waals surface area contributed by atoms with Crippen molar-refractivity contribution in [3.8, 4) is 0 Å². The number of para-hydroxylation sites is 1. The van der Waals surface area contributed by atoms with E-state index in [-0.39, 0.29) is 10.6 Å². The van der Waals surface area contributed by atoms with E-state index < -0.39 is 0 Å². The normalized spacial score (nSPS) is 12.5. The average Bonchev–Trinajstić information content (AvgIpc) is 2.60. The van der Waals surface area contributed by atoms with Gasteiger partial charge < -0.3 is 4.90 Å². The Bertz CT molecular complexity index is 941. The third kappa shape index (κ3) is 2.37. The number of hydrogen-bond donors (Lipinski definition) is 0. The Balaban J connectivity index is 2.01. The lowest BCUT2D eigenvalue weighted by atomic mass is 9.93. The molecule has 0 N–H and O–H groups in total. The predicted molar refractivity (Wildman–Crippen MR) is 98.3 cm³/mol. The van der Waals surface area contributed by atoms with Gasteiger partial charge in [0.1, 0.15) is 0 Å². The van der Waals surface area contributed by atoms with Gasteiger partial charge in [0.05, 0.1) is 21.9 Å². The van der Waals surface area contributed by atoms with E-state index >= 15 is 0 Å². The zero-order chi connectivity index (χ0) is 16.7. The number of anilines is 3. The lowest BCUT2D eigenvalue weighted by molar-refractivity contribution is -0.385. The van der Waals surface area contributed by atoms with Crippen molar-refractivity contribution in [1.29, 1.82) is 0 Å². The molecule has 118 valence electrons. The fourth-order valence-electron chi connectivity index (χ4n) is 3.19. The van der Waals surface area contributed by atoms with Crippen LogP contribution in [0.1, 0.15) is 11.1 Å². The van der Waals surface area contributed by atoms with Crippen LogP contribution in [0, 0.1) is 10.1 Å². The average molecular weight is 381 g/mol. The Morgan fingerprint density at radius 3 is 2.50 bits per heavy atom. The van der Waals surface area contributed by atoms with Gasteiger partial charge in [-0.15, -0.1) is 0 Å². The number of nitrogens with zero attached hydrogens (tertiary/aromatic N) is 2. The summed E-state index contributed by atoms with van der Waals surface area (Å²) in [5, 5.41) is 11.5. The summed E-state index contributed by atoms with van der Waals surface area (Å²) in [5.41, 5.74) is 4.88. The maximum Gasteiger partial charge on any atom is 0.275 e. The quantitative estimate of drug-likeness (QED) is 0.329. The molecule has 0 amide bonds. The van der Waals surface area contributed by atoms with Crippen LogP contribution in [0.4, 0.5) is 22.7 Å². The number of nitro benzene ring substituents is 1. The van der Waals surface area contributed by atoms with Gasteiger partial charge in [-0.2, -0.15) is 0 Å². The predicted octanol–water partition coefficient (Wildman–Crippen LogP) is 5.73. The molecule has 0 fully saturated rings. The Labute approximate surface area is 147 Å². The Morgan fingerprint density at radius 2 is 1.75 bits per heavy atom. The maximum absolute atomic E-state index is 11.5. The molecule has 24 heavy (non-hydrogen) atoms. The van der Waals surface area contributed by atoms with Crippen LogP contribution in [-0.2, 0) is 6.42 Å². The van der Waals surface area contributed by atoms with Gasteiger partial charge in [0.25, 0.3) is 5.69 Å². The molecular formula is C19H13BrN2O2. The zero-order valence-corrected chi connectivity index (χ0v) is 14.2. The molecule has 0 bridgehead atoms. The van der Waals surface area contributed by atoms with E-state index in [0.717, 1.165) is 32.7 Å². The second kappa shape index (κ2) is 5.76. The first-order chi connectivity index (χ1) is 11.6. The van der Waals surface area contributed by atoms with Crippen molar-refractivity contribution in [2.24, 2.45) is 0 Å². The number of rotatable bonds is 2. The molecule has 1 heterocycles. The zero-order valence-electron chi connectivity index (χ0n) is 12.6. The molecule has 0 aliphatic carbocycles. The molecule has 0 spiro atoms. The molecule has 3 aromatic carbocycles. The summed E-state index contributed by atoms with van der Waals surface area (Å²) in [6.45, 7) is 0. The lowest BCUT2D eigenvalue weighted by Gasteiger charge is -2.33. The highest BCUT2D eigenvalue weighted by molar-refractivity contribution is 9.10. The van der Waals surface area contributed by atoms with Gasteiger partial charge in [-0.05, 0) is 35.9 Å². The van der Waals surface area contributed by atoms with Crippen molar-refractivity contribution >= 4 is 38.7 Å². The van der Waals surface area contributed by atoms with E-state index in [0.29, 0.717) is 6.42 Å². The van der Waals surface area contributed by atoms with E-state index in [9.17, 15) is 10.1 Å². The summed E-state index contributed by atoms with van der Waals surface area (Å²) in [5.74, 6) is 0. The third-order valence-corrected chi connectivity index (χ3v) is 4.73. The summed E-state index contributed by atoms with van der Waals surface area (Å²) >= 11 is 3.53. The van der Waals surface area contributed by atoms with E-state index in [1.54, 1.807) is 12.1 Å². The minimum atomic E-state index is -0.300. The smallest absolute Gasteiger partial charge is 0.275 e. The second-order valence-electron chi connectivity index (χ2n) is 5.65. The Hall–Kier alpha value is -2.66. The van der Waals surface area contributed by atoms with E-state index in [1.807, 2.05) is 48.5 Å². The molecule has 1 aliphatic rings. The molecule has 0 aromatic heterocycles. The summed E-state index contributed by atoms with van der Waals surface area (Å²) in [4.78, 5) is 13.3. The largest absolute Gasteiger partial charge is 0.310 e. The van der Waals surface area contributed by atoms with Gasteiger partial charge in [-0.3, -0.25) is 10.1 Å². The molecule has 5 heteroatoms. The molecule has 4 nitrogen and oxygen atoms in total. The number of nitro groups is 1. The SMILES string of the molecule is O=[N+]([O-])c1cccc2c1Cc1ccc(Br)cc1N2c1ccccc1. The maximum atomic E-state index is 11.5. The number of fused-ring (bicyclic) bond motifs is 2. The van der Waals surface area contributed by atoms with Crippen LogP contribution < -0.4 is 4.90 Å². The van der Waals surface area contributed by atoms with Crippen molar-refractivity contribution < 1.29 is 4.92 Å². The highest BCUT2D eigenvalue weighted by Crippen LogP contribution is 2.46. The molecule has 0 atom stereocenters. The van der Waals surface area contributed by atoms with Crippen LogP contribution in [0.25, 0.3) is 0 Å². The van der Waals surface area contributed by atoms with Crippen molar-refractivity contribution in [3.63, 3.8) is 0 Å². The lowest BCUT2D eigenvalue weighted by Crippen LogP contribution is -2.19. The fraction of sp³-hybridized carbons (Fsp3) is 0.0526. The molecular weight excluding hydrogens is 368 g/mol. The van der Waals surface area contributed by atoms with Crippen LogP contribution in [-0.4, -0.2) is 4.92 Å². The minimum Gasteiger partial charge on any atom is -0.310 e. The molecule has 0 radical (unpaired) electrons. The summed E-state index contributed by atoms with van der Waals surface area (Å²) in [6, 6.07) is 21.2. The number of hydrogen-bond acceptors (Lipinski definition) is 3. The molecule has 1 aliphatic heterocycles. The first-order valence-electron chi connectivity index (χ1n) is 7.55.